The van der Waals surface area contributed by atoms with Gasteiger partial charge in [-0.05, 0) is 32.9 Å². The van der Waals surface area contributed by atoms with Crippen LogP contribution in [0.2, 0.25) is 0 Å². The number of methoxy groups -OCH3 is 1. The van der Waals surface area contributed by atoms with Crippen LogP contribution >= 0.6 is 0 Å². The zero-order chi connectivity index (χ0) is 16.3. The molecule has 0 aliphatic rings. The van der Waals surface area contributed by atoms with Gasteiger partial charge >= 0.3 is 0 Å². The summed E-state index contributed by atoms with van der Waals surface area (Å²) in [7, 11) is 1.57. The van der Waals surface area contributed by atoms with E-state index in [1.54, 1.807) is 20.1 Å². The normalized spacial score (nSPS) is 12.0. The number of amides is 2. The molecule has 0 aliphatic carbocycles. The van der Waals surface area contributed by atoms with E-state index in [1.807, 2.05) is 26.0 Å². The van der Waals surface area contributed by atoms with Crippen molar-refractivity contribution in [2.75, 3.05) is 13.7 Å². The summed E-state index contributed by atoms with van der Waals surface area (Å²) in [4.78, 5) is 24.0. The summed E-state index contributed by atoms with van der Waals surface area (Å²) in [6.45, 7) is 5.78. The Kier molecular flexibility index (Phi) is 4.70. The van der Waals surface area contributed by atoms with Crippen LogP contribution in [0.3, 0.4) is 0 Å². The van der Waals surface area contributed by atoms with Crippen molar-refractivity contribution in [2.24, 2.45) is 0 Å². The zero-order valence-electron chi connectivity index (χ0n) is 13.1. The molecule has 0 bridgehead atoms. The average Bonchev–Trinajstić information content (AvgIpc) is 2.83. The van der Waals surface area contributed by atoms with Gasteiger partial charge in [0.05, 0.1) is 7.11 Å². The number of hydrogen-bond donors (Lipinski definition) is 2. The fourth-order valence-electron chi connectivity index (χ4n) is 2.20. The van der Waals surface area contributed by atoms with E-state index in [9.17, 15) is 9.59 Å². The molecule has 1 aromatic heterocycles. The van der Waals surface area contributed by atoms with Gasteiger partial charge in [-0.3, -0.25) is 9.59 Å². The third kappa shape index (κ3) is 3.05. The Bertz CT molecular complexity index is 705. The number of hydrogen-bond acceptors (Lipinski definition) is 4. The second-order valence-electron chi connectivity index (χ2n) is 5.01. The first kappa shape index (κ1) is 15.9. The monoisotopic (exact) mass is 304 g/mol. The third-order valence-corrected chi connectivity index (χ3v) is 3.44. The minimum absolute atomic E-state index is 0.208. The maximum absolute atomic E-state index is 12.3. The summed E-state index contributed by atoms with van der Waals surface area (Å²) in [5, 5.41) is 6.14. The third-order valence-electron chi connectivity index (χ3n) is 3.44. The number of rotatable bonds is 5. The van der Waals surface area contributed by atoms with E-state index >= 15 is 0 Å². The molecule has 6 nitrogen and oxygen atoms in total. The number of furan rings is 1. The first-order valence-electron chi connectivity index (χ1n) is 7.13. The molecule has 1 atom stereocenters. The molecule has 0 spiro atoms. The van der Waals surface area contributed by atoms with Gasteiger partial charge in [-0.25, -0.2) is 0 Å². The quantitative estimate of drug-likeness (QED) is 0.885. The van der Waals surface area contributed by atoms with Gasteiger partial charge in [0.15, 0.2) is 5.76 Å². The molecule has 0 saturated carbocycles. The topological polar surface area (TPSA) is 80.6 Å². The van der Waals surface area contributed by atoms with Gasteiger partial charge in [-0.15, -0.1) is 0 Å². The van der Waals surface area contributed by atoms with Crippen molar-refractivity contribution in [3.05, 3.63) is 29.5 Å². The van der Waals surface area contributed by atoms with Gasteiger partial charge in [-0.1, -0.05) is 0 Å². The van der Waals surface area contributed by atoms with Crippen LogP contribution < -0.4 is 15.4 Å². The van der Waals surface area contributed by atoms with E-state index in [0.29, 0.717) is 17.9 Å². The van der Waals surface area contributed by atoms with Crippen LogP contribution in [-0.4, -0.2) is 31.5 Å². The van der Waals surface area contributed by atoms with Crippen molar-refractivity contribution < 1.29 is 18.7 Å². The summed E-state index contributed by atoms with van der Waals surface area (Å²) in [5.41, 5.74) is 1.31. The first-order chi connectivity index (χ1) is 10.5. The molecule has 2 amide bonds. The van der Waals surface area contributed by atoms with Crippen LogP contribution in [0.25, 0.3) is 11.0 Å². The second kappa shape index (κ2) is 6.51. The largest absolute Gasteiger partial charge is 0.497 e. The summed E-state index contributed by atoms with van der Waals surface area (Å²) in [6, 6.07) is 4.75. The van der Waals surface area contributed by atoms with Crippen LogP contribution in [0.1, 0.15) is 30.0 Å². The van der Waals surface area contributed by atoms with Crippen molar-refractivity contribution in [2.45, 2.75) is 26.8 Å². The molecular formula is C16H20N2O4. The molecule has 0 saturated heterocycles. The van der Waals surface area contributed by atoms with Crippen LogP contribution in [0.15, 0.2) is 22.6 Å². The Hall–Kier alpha value is -2.50. The Morgan fingerprint density at radius 1 is 1.36 bits per heavy atom. The van der Waals surface area contributed by atoms with E-state index in [2.05, 4.69) is 10.6 Å². The number of carbonyl (C=O) groups excluding carboxylic acids is 2. The Balaban J connectivity index is 2.24. The van der Waals surface area contributed by atoms with E-state index in [-0.39, 0.29) is 11.7 Å². The minimum atomic E-state index is -0.630. The minimum Gasteiger partial charge on any atom is -0.497 e. The highest BCUT2D eigenvalue weighted by atomic mass is 16.5. The first-order valence-corrected chi connectivity index (χ1v) is 7.13. The second-order valence-corrected chi connectivity index (χ2v) is 5.01. The zero-order valence-corrected chi connectivity index (χ0v) is 13.1. The van der Waals surface area contributed by atoms with Crippen LogP contribution in [0.5, 0.6) is 5.75 Å². The van der Waals surface area contributed by atoms with E-state index < -0.39 is 11.9 Å². The lowest BCUT2D eigenvalue weighted by Crippen LogP contribution is -2.44. The highest BCUT2D eigenvalue weighted by molar-refractivity contribution is 6.01. The maximum atomic E-state index is 12.3. The fourth-order valence-corrected chi connectivity index (χ4v) is 2.20. The SMILES string of the molecule is CCNC(=O)[C@H](C)NC(=O)c1oc2cc(OC)ccc2c1C. The number of fused-ring (bicyclic) bond motifs is 1. The van der Waals surface area contributed by atoms with E-state index in [1.165, 1.54) is 0 Å². The molecule has 6 heteroatoms. The van der Waals surface area contributed by atoms with Crippen molar-refractivity contribution >= 4 is 22.8 Å². The Morgan fingerprint density at radius 2 is 2.09 bits per heavy atom. The summed E-state index contributed by atoms with van der Waals surface area (Å²) < 4.78 is 10.8. The highest BCUT2D eigenvalue weighted by Gasteiger charge is 2.21. The van der Waals surface area contributed by atoms with Crippen molar-refractivity contribution in [3.8, 4) is 5.75 Å². The predicted octanol–water partition coefficient (Wildman–Crippen LogP) is 2.00. The number of nitrogens with one attached hydrogen (secondary N) is 2. The van der Waals surface area contributed by atoms with Gasteiger partial charge in [0.2, 0.25) is 5.91 Å². The number of ether oxygens (including phenoxy) is 1. The molecule has 0 aliphatic heterocycles. The standard InChI is InChI=1S/C16H20N2O4/c1-5-17-15(19)10(3)18-16(20)14-9(2)12-7-6-11(21-4)8-13(12)22-14/h6-8,10H,5H2,1-4H3,(H,17,19)(H,18,20)/t10-/m0/s1. The van der Waals surface area contributed by atoms with Gasteiger partial charge in [0.1, 0.15) is 17.4 Å². The van der Waals surface area contributed by atoms with Gasteiger partial charge in [0.25, 0.3) is 5.91 Å². The summed E-state index contributed by atoms with van der Waals surface area (Å²) >= 11 is 0. The lowest BCUT2D eigenvalue weighted by Gasteiger charge is -2.12. The predicted molar refractivity (Wildman–Crippen MR) is 83.1 cm³/mol. The van der Waals surface area contributed by atoms with Gasteiger partial charge < -0.3 is 19.8 Å². The number of carbonyl (C=O) groups is 2. The summed E-state index contributed by atoms with van der Waals surface area (Å²) in [6.07, 6.45) is 0. The van der Waals surface area contributed by atoms with Crippen molar-refractivity contribution in [1.29, 1.82) is 0 Å². The van der Waals surface area contributed by atoms with Crippen LogP contribution in [0, 0.1) is 6.92 Å². The maximum Gasteiger partial charge on any atom is 0.287 e. The number of likely N-dealkylation sites (N-methyl/N-ethyl adjacent to an activating group) is 1. The fraction of sp³-hybridized carbons (Fsp3) is 0.375. The molecule has 1 aromatic carbocycles. The molecular weight excluding hydrogens is 284 g/mol. The van der Waals surface area contributed by atoms with E-state index in [4.69, 9.17) is 9.15 Å². The van der Waals surface area contributed by atoms with Gasteiger partial charge in [0, 0.05) is 23.6 Å². The molecule has 2 aromatic rings. The lowest BCUT2D eigenvalue weighted by atomic mass is 10.1. The number of benzene rings is 1. The van der Waals surface area contributed by atoms with Gasteiger partial charge in [-0.2, -0.15) is 0 Å². The van der Waals surface area contributed by atoms with Crippen LogP contribution in [0.4, 0.5) is 0 Å². The summed E-state index contributed by atoms with van der Waals surface area (Å²) in [5.74, 6) is 0.223. The van der Waals surface area contributed by atoms with Crippen molar-refractivity contribution in [3.63, 3.8) is 0 Å². The molecule has 0 unspecified atom stereocenters. The molecule has 1 heterocycles. The smallest absolute Gasteiger partial charge is 0.287 e. The number of aryl methyl sites for hydroxylation is 1. The lowest BCUT2D eigenvalue weighted by molar-refractivity contribution is -0.122. The van der Waals surface area contributed by atoms with E-state index in [0.717, 1.165) is 10.9 Å². The highest BCUT2D eigenvalue weighted by Crippen LogP contribution is 2.28. The molecule has 2 N–H and O–H groups in total. The molecule has 22 heavy (non-hydrogen) atoms. The Morgan fingerprint density at radius 3 is 2.73 bits per heavy atom. The Labute approximate surface area is 128 Å². The van der Waals surface area contributed by atoms with Crippen molar-refractivity contribution in [1.82, 2.24) is 10.6 Å². The molecule has 0 radical (unpaired) electrons. The molecule has 118 valence electrons. The molecule has 0 fully saturated rings. The molecule has 2 rings (SSSR count). The average molecular weight is 304 g/mol. The van der Waals surface area contributed by atoms with Crippen LogP contribution in [-0.2, 0) is 4.79 Å².